The van der Waals surface area contributed by atoms with Gasteiger partial charge in [0.05, 0.1) is 4.88 Å². The molecule has 0 N–H and O–H groups in total. The highest BCUT2D eigenvalue weighted by molar-refractivity contribution is 7.15. The zero-order valence-electron chi connectivity index (χ0n) is 13.1. The second-order valence-corrected chi connectivity index (χ2v) is 6.08. The van der Waals surface area contributed by atoms with Crippen LogP contribution in [0.4, 0.5) is 5.69 Å². The number of hydrogen-bond acceptors (Lipinski definition) is 5. The molecule has 5 nitrogen and oxygen atoms in total. The van der Waals surface area contributed by atoms with Crippen LogP contribution in [0.25, 0.3) is 0 Å². The number of para-hydroxylation sites is 1. The number of nitrogens with zero attached hydrogens (tertiary/aromatic N) is 1. The SMILES string of the molecule is CC(=O)c1ccc(C(=O)O[C@@H](C)C(=O)N(C)c2ccccc2)s1. The van der Waals surface area contributed by atoms with Crippen LogP contribution in [0.15, 0.2) is 42.5 Å². The Labute approximate surface area is 138 Å². The molecule has 2 aromatic rings. The Bertz CT molecular complexity index is 723. The Hall–Kier alpha value is -2.47. The fourth-order valence-corrected chi connectivity index (χ4v) is 2.74. The molecular formula is C17H17NO4S. The Kier molecular flexibility index (Phi) is 5.28. The zero-order valence-corrected chi connectivity index (χ0v) is 13.9. The number of Topliss-reactive ketones (excluding diaryl/α,β-unsaturated/α-hetero) is 1. The third-order valence-corrected chi connectivity index (χ3v) is 4.43. The van der Waals surface area contributed by atoms with Crippen LogP contribution in [-0.4, -0.2) is 30.8 Å². The molecule has 0 aliphatic rings. The van der Waals surface area contributed by atoms with Crippen LogP contribution in [0.2, 0.25) is 0 Å². The van der Waals surface area contributed by atoms with Crippen molar-refractivity contribution in [1.29, 1.82) is 0 Å². The summed E-state index contributed by atoms with van der Waals surface area (Å²) in [5, 5.41) is 0. The van der Waals surface area contributed by atoms with Gasteiger partial charge in [0, 0.05) is 12.7 Å². The van der Waals surface area contributed by atoms with Crippen LogP contribution in [-0.2, 0) is 9.53 Å². The van der Waals surface area contributed by atoms with Crippen molar-refractivity contribution in [2.45, 2.75) is 20.0 Å². The van der Waals surface area contributed by atoms with E-state index >= 15 is 0 Å². The summed E-state index contributed by atoms with van der Waals surface area (Å²) in [5.41, 5.74) is 0.718. The minimum absolute atomic E-state index is 0.109. The van der Waals surface area contributed by atoms with Gasteiger partial charge in [-0.1, -0.05) is 18.2 Å². The molecule has 1 amide bonds. The second kappa shape index (κ2) is 7.19. The molecule has 0 aliphatic heterocycles. The van der Waals surface area contributed by atoms with Gasteiger partial charge in [0.25, 0.3) is 5.91 Å². The fraction of sp³-hybridized carbons (Fsp3) is 0.235. The summed E-state index contributed by atoms with van der Waals surface area (Å²) in [4.78, 5) is 37.9. The standard InChI is InChI=1S/C17H17NO4S/c1-11(19)14-9-10-15(23-14)17(21)22-12(2)16(20)18(3)13-7-5-4-6-8-13/h4-10,12H,1-3H3/t12-/m0/s1. The first kappa shape index (κ1) is 16.9. The Balaban J connectivity index is 2.02. The van der Waals surface area contributed by atoms with E-state index in [1.165, 1.54) is 24.8 Å². The summed E-state index contributed by atoms with van der Waals surface area (Å²) in [5.74, 6) is -1.04. The lowest BCUT2D eigenvalue weighted by atomic mass is 10.2. The molecule has 0 saturated carbocycles. The summed E-state index contributed by atoms with van der Waals surface area (Å²) in [6.45, 7) is 2.96. The monoisotopic (exact) mass is 331 g/mol. The van der Waals surface area contributed by atoms with Gasteiger partial charge >= 0.3 is 5.97 Å². The molecule has 0 unspecified atom stereocenters. The lowest BCUT2D eigenvalue weighted by Crippen LogP contribution is -2.37. The molecule has 1 atom stereocenters. The number of rotatable bonds is 5. The first-order valence-electron chi connectivity index (χ1n) is 7.04. The van der Waals surface area contributed by atoms with E-state index in [1.54, 1.807) is 25.2 Å². The number of thiophene rings is 1. The van der Waals surface area contributed by atoms with E-state index < -0.39 is 12.1 Å². The smallest absolute Gasteiger partial charge is 0.349 e. The molecule has 0 aliphatic carbocycles. The number of hydrogen-bond donors (Lipinski definition) is 0. The van der Waals surface area contributed by atoms with Crippen LogP contribution >= 0.6 is 11.3 Å². The van der Waals surface area contributed by atoms with E-state index in [1.807, 2.05) is 18.2 Å². The first-order chi connectivity index (χ1) is 10.9. The van der Waals surface area contributed by atoms with Crippen LogP contribution < -0.4 is 4.90 Å². The van der Waals surface area contributed by atoms with Gasteiger partial charge in [-0.15, -0.1) is 11.3 Å². The summed E-state index contributed by atoms with van der Waals surface area (Å²) < 4.78 is 5.20. The largest absolute Gasteiger partial charge is 0.448 e. The third kappa shape index (κ3) is 4.04. The number of amides is 1. The van der Waals surface area contributed by atoms with Crippen molar-refractivity contribution in [1.82, 2.24) is 0 Å². The number of ketones is 1. The molecule has 6 heteroatoms. The van der Waals surface area contributed by atoms with Gasteiger partial charge < -0.3 is 9.64 Å². The maximum absolute atomic E-state index is 12.3. The quantitative estimate of drug-likeness (QED) is 0.623. The number of esters is 1. The Morgan fingerprint density at radius 1 is 1.04 bits per heavy atom. The van der Waals surface area contributed by atoms with Gasteiger partial charge in [0.2, 0.25) is 0 Å². The van der Waals surface area contributed by atoms with Crippen LogP contribution in [0.5, 0.6) is 0 Å². The average Bonchev–Trinajstić information content (AvgIpc) is 3.04. The minimum Gasteiger partial charge on any atom is -0.448 e. The summed E-state index contributed by atoms with van der Waals surface area (Å²) >= 11 is 1.06. The van der Waals surface area contributed by atoms with Crippen molar-refractivity contribution in [3.63, 3.8) is 0 Å². The van der Waals surface area contributed by atoms with Crippen molar-refractivity contribution in [3.8, 4) is 0 Å². The van der Waals surface area contributed by atoms with Gasteiger partial charge in [-0.2, -0.15) is 0 Å². The lowest BCUT2D eigenvalue weighted by Gasteiger charge is -2.21. The molecule has 0 radical (unpaired) electrons. The van der Waals surface area contributed by atoms with E-state index in [0.29, 0.717) is 9.75 Å². The zero-order chi connectivity index (χ0) is 17.0. The van der Waals surface area contributed by atoms with E-state index in [2.05, 4.69) is 0 Å². The number of benzene rings is 1. The van der Waals surface area contributed by atoms with Gasteiger partial charge in [0.1, 0.15) is 4.88 Å². The first-order valence-corrected chi connectivity index (χ1v) is 7.86. The van der Waals surface area contributed by atoms with Crippen molar-refractivity contribution < 1.29 is 19.1 Å². The highest BCUT2D eigenvalue weighted by atomic mass is 32.1. The molecule has 120 valence electrons. The minimum atomic E-state index is -0.921. The van der Waals surface area contributed by atoms with Gasteiger partial charge in [0.15, 0.2) is 11.9 Å². The third-order valence-electron chi connectivity index (χ3n) is 3.26. The van der Waals surface area contributed by atoms with Crippen molar-refractivity contribution in [3.05, 3.63) is 52.2 Å². The summed E-state index contributed by atoms with van der Waals surface area (Å²) in [7, 11) is 1.63. The summed E-state index contributed by atoms with van der Waals surface area (Å²) in [6.07, 6.45) is -0.921. The molecule has 0 spiro atoms. The van der Waals surface area contributed by atoms with Gasteiger partial charge in [-0.05, 0) is 38.1 Å². The number of likely N-dealkylation sites (N-methyl/N-ethyl adjacent to an activating group) is 1. The van der Waals surface area contributed by atoms with Crippen LogP contribution in [0, 0.1) is 0 Å². The second-order valence-electron chi connectivity index (χ2n) is 5.00. The highest BCUT2D eigenvalue weighted by Gasteiger charge is 2.24. The predicted octanol–water partition coefficient (Wildman–Crippen LogP) is 3.16. The normalized spacial score (nSPS) is 11.6. The number of carbonyl (C=O) groups is 3. The predicted molar refractivity (Wildman–Crippen MR) is 89.1 cm³/mol. The van der Waals surface area contributed by atoms with Gasteiger partial charge in [-0.25, -0.2) is 4.79 Å². The Morgan fingerprint density at radius 3 is 2.22 bits per heavy atom. The molecule has 0 saturated heterocycles. The van der Waals surface area contributed by atoms with Crippen molar-refractivity contribution in [2.24, 2.45) is 0 Å². The molecule has 1 aromatic heterocycles. The number of anilines is 1. The van der Waals surface area contributed by atoms with Crippen molar-refractivity contribution in [2.75, 3.05) is 11.9 Å². The molecule has 0 bridgehead atoms. The maximum atomic E-state index is 12.3. The maximum Gasteiger partial charge on any atom is 0.349 e. The van der Waals surface area contributed by atoms with Crippen LogP contribution in [0.3, 0.4) is 0 Å². The van der Waals surface area contributed by atoms with E-state index in [4.69, 9.17) is 4.74 Å². The van der Waals surface area contributed by atoms with E-state index in [-0.39, 0.29) is 11.7 Å². The Morgan fingerprint density at radius 2 is 1.65 bits per heavy atom. The molecular weight excluding hydrogens is 314 g/mol. The van der Waals surface area contributed by atoms with Gasteiger partial charge in [-0.3, -0.25) is 9.59 Å². The summed E-state index contributed by atoms with van der Waals surface area (Å²) in [6, 6.07) is 12.2. The molecule has 1 heterocycles. The van der Waals surface area contributed by atoms with E-state index in [9.17, 15) is 14.4 Å². The highest BCUT2D eigenvalue weighted by Crippen LogP contribution is 2.19. The average molecular weight is 331 g/mol. The molecule has 0 fully saturated rings. The molecule has 1 aromatic carbocycles. The topological polar surface area (TPSA) is 63.7 Å². The number of ether oxygens (including phenoxy) is 1. The van der Waals surface area contributed by atoms with Crippen LogP contribution in [0.1, 0.15) is 33.2 Å². The van der Waals surface area contributed by atoms with E-state index in [0.717, 1.165) is 17.0 Å². The lowest BCUT2D eigenvalue weighted by molar-refractivity contribution is -0.126. The molecule has 2 rings (SSSR count). The fourth-order valence-electron chi connectivity index (χ4n) is 1.96. The van der Waals surface area contributed by atoms with Crippen molar-refractivity contribution >= 4 is 34.7 Å². The number of carbonyl (C=O) groups excluding carboxylic acids is 3. The molecule has 23 heavy (non-hydrogen) atoms.